The highest BCUT2D eigenvalue weighted by molar-refractivity contribution is 6.67. The van der Waals surface area contributed by atoms with Gasteiger partial charge in [0.1, 0.15) is 6.61 Å². The molecule has 2 aliphatic carbocycles. The third kappa shape index (κ3) is 6.45. The largest absolute Gasteiger partial charge is 0.358 e. The lowest BCUT2D eigenvalue weighted by Gasteiger charge is -2.39. The van der Waals surface area contributed by atoms with Crippen LogP contribution >= 0.6 is 34.8 Å². The smallest absolute Gasteiger partial charge is 0.316 e. The van der Waals surface area contributed by atoms with Crippen LogP contribution in [0.4, 0.5) is 8.78 Å². The summed E-state index contributed by atoms with van der Waals surface area (Å²) in [6.07, 6.45) is 7.37. The summed E-state index contributed by atoms with van der Waals surface area (Å²) in [5, 5.41) is 0. The van der Waals surface area contributed by atoms with Crippen LogP contribution in [-0.2, 0) is 4.74 Å². The molecule has 2 rings (SSSR count). The quantitative estimate of drug-likeness (QED) is 0.419. The molecule has 0 spiro atoms. The van der Waals surface area contributed by atoms with Crippen molar-refractivity contribution in [2.24, 2.45) is 23.7 Å². The number of alkyl halides is 5. The summed E-state index contributed by atoms with van der Waals surface area (Å²) in [6, 6.07) is 0. The van der Waals surface area contributed by atoms with E-state index in [4.69, 9.17) is 34.8 Å². The molecule has 24 heavy (non-hydrogen) atoms. The minimum atomic E-state index is -3.20. The Morgan fingerprint density at radius 2 is 1.38 bits per heavy atom. The topological polar surface area (TPSA) is 9.23 Å². The van der Waals surface area contributed by atoms with Gasteiger partial charge in [0, 0.05) is 0 Å². The second-order valence-corrected chi connectivity index (χ2v) is 10.2. The van der Waals surface area contributed by atoms with Crippen LogP contribution in [0, 0.1) is 23.7 Å². The van der Waals surface area contributed by atoms with E-state index in [9.17, 15) is 8.78 Å². The molecule has 2 saturated carbocycles. The minimum absolute atomic E-state index is 0.506. The standard InChI is InChI=1S/C18H29Cl3F2O/c1-2-3-13-4-6-14(7-5-13)15-8-10-16(11-9-15)18(22,23)24-12-17(19,20)21/h13-16H,2-12H2,1H3. The van der Waals surface area contributed by atoms with Crippen molar-refractivity contribution in [3.05, 3.63) is 0 Å². The number of ether oxygens (including phenoxy) is 1. The number of halogens is 5. The van der Waals surface area contributed by atoms with Crippen molar-refractivity contribution in [1.29, 1.82) is 0 Å². The lowest BCUT2D eigenvalue weighted by Crippen LogP contribution is -2.38. The summed E-state index contributed by atoms with van der Waals surface area (Å²) in [4.78, 5) is 0. The normalized spacial score (nSPS) is 32.8. The lowest BCUT2D eigenvalue weighted by molar-refractivity contribution is -0.277. The highest BCUT2D eigenvalue weighted by Gasteiger charge is 2.45. The van der Waals surface area contributed by atoms with E-state index in [1.54, 1.807) is 0 Å². The van der Waals surface area contributed by atoms with Crippen LogP contribution in [0.15, 0.2) is 0 Å². The van der Waals surface area contributed by atoms with Gasteiger partial charge < -0.3 is 4.74 Å². The molecule has 0 aromatic rings. The first-order valence-corrected chi connectivity index (χ1v) is 10.4. The van der Waals surface area contributed by atoms with Crippen LogP contribution in [0.2, 0.25) is 0 Å². The molecular weight excluding hydrogens is 377 g/mol. The average Bonchev–Trinajstić information content (AvgIpc) is 2.54. The van der Waals surface area contributed by atoms with Crippen molar-refractivity contribution in [1.82, 2.24) is 0 Å². The zero-order valence-electron chi connectivity index (χ0n) is 14.4. The van der Waals surface area contributed by atoms with Gasteiger partial charge in [-0.25, -0.2) is 0 Å². The van der Waals surface area contributed by atoms with Crippen molar-refractivity contribution in [2.75, 3.05) is 6.61 Å². The molecule has 2 aliphatic rings. The highest BCUT2D eigenvalue weighted by atomic mass is 35.6. The van der Waals surface area contributed by atoms with Crippen molar-refractivity contribution in [2.45, 2.75) is 81.0 Å². The van der Waals surface area contributed by atoms with E-state index in [1.807, 2.05) is 0 Å². The van der Waals surface area contributed by atoms with Gasteiger partial charge in [-0.3, -0.25) is 0 Å². The summed E-state index contributed by atoms with van der Waals surface area (Å²) in [5.41, 5.74) is 0. The summed E-state index contributed by atoms with van der Waals surface area (Å²) in [6.45, 7) is 1.67. The second kappa shape index (κ2) is 9.06. The van der Waals surface area contributed by atoms with Gasteiger partial charge in [0.05, 0.1) is 5.92 Å². The summed E-state index contributed by atoms with van der Waals surface area (Å²) < 4.78 is 31.1. The van der Waals surface area contributed by atoms with Crippen LogP contribution in [0.5, 0.6) is 0 Å². The maximum absolute atomic E-state index is 14.1. The molecule has 2 fully saturated rings. The number of rotatable bonds is 6. The Labute approximate surface area is 159 Å². The molecule has 0 heterocycles. The van der Waals surface area contributed by atoms with Gasteiger partial charge >= 0.3 is 6.11 Å². The van der Waals surface area contributed by atoms with Crippen molar-refractivity contribution in [3.63, 3.8) is 0 Å². The van der Waals surface area contributed by atoms with E-state index in [2.05, 4.69) is 11.7 Å². The predicted molar refractivity (Wildman–Crippen MR) is 97.0 cm³/mol. The van der Waals surface area contributed by atoms with Crippen molar-refractivity contribution >= 4 is 34.8 Å². The molecule has 142 valence electrons. The zero-order chi connectivity index (χ0) is 17.8. The molecule has 0 radical (unpaired) electrons. The van der Waals surface area contributed by atoms with Gasteiger partial charge in [-0.05, 0) is 56.3 Å². The Balaban J connectivity index is 1.75. The van der Waals surface area contributed by atoms with Crippen LogP contribution in [0.25, 0.3) is 0 Å². The number of hydrogen-bond donors (Lipinski definition) is 0. The number of hydrogen-bond acceptors (Lipinski definition) is 1. The first-order chi connectivity index (χ1) is 11.2. The lowest BCUT2D eigenvalue weighted by atomic mass is 9.68. The molecule has 0 bridgehead atoms. The van der Waals surface area contributed by atoms with Crippen molar-refractivity contribution in [3.8, 4) is 0 Å². The maximum Gasteiger partial charge on any atom is 0.358 e. The van der Waals surface area contributed by atoms with Gasteiger partial charge in [0.25, 0.3) is 0 Å². The van der Waals surface area contributed by atoms with Gasteiger partial charge in [0.15, 0.2) is 0 Å². The molecule has 0 aliphatic heterocycles. The fourth-order valence-electron chi connectivity index (χ4n) is 4.58. The maximum atomic E-state index is 14.1. The molecule has 0 aromatic heterocycles. The first kappa shape index (κ1) is 21.0. The second-order valence-electron chi connectivity index (χ2n) is 7.65. The first-order valence-electron chi connectivity index (χ1n) is 9.29. The van der Waals surface area contributed by atoms with Crippen LogP contribution in [0.1, 0.15) is 71.1 Å². The summed E-state index contributed by atoms with van der Waals surface area (Å²) >= 11 is 16.5. The van der Waals surface area contributed by atoms with Crippen LogP contribution < -0.4 is 0 Å². The molecule has 0 N–H and O–H groups in total. The summed E-state index contributed by atoms with van der Waals surface area (Å²) in [5.74, 6) is 1.47. The molecule has 0 aromatic carbocycles. The zero-order valence-corrected chi connectivity index (χ0v) is 16.7. The fourth-order valence-corrected chi connectivity index (χ4v) is 4.74. The van der Waals surface area contributed by atoms with E-state index in [-0.39, 0.29) is 0 Å². The Hall–Kier alpha value is 0.690. The van der Waals surface area contributed by atoms with Gasteiger partial charge in [-0.1, -0.05) is 67.4 Å². The Bertz CT molecular complexity index is 371. The third-order valence-corrected chi connectivity index (χ3v) is 6.26. The molecule has 6 heteroatoms. The average molecular weight is 406 g/mol. The van der Waals surface area contributed by atoms with Crippen LogP contribution in [0.3, 0.4) is 0 Å². The Morgan fingerprint density at radius 3 is 1.83 bits per heavy atom. The third-order valence-electron chi connectivity index (χ3n) is 5.93. The minimum Gasteiger partial charge on any atom is -0.316 e. The van der Waals surface area contributed by atoms with E-state index >= 15 is 0 Å². The van der Waals surface area contributed by atoms with Crippen molar-refractivity contribution < 1.29 is 13.5 Å². The monoisotopic (exact) mass is 404 g/mol. The molecule has 0 unspecified atom stereocenters. The SMILES string of the molecule is CCCC1CCC(C2CCC(C(F)(F)OCC(Cl)(Cl)Cl)CC2)CC1. The van der Waals surface area contributed by atoms with E-state index in [0.717, 1.165) is 24.7 Å². The Kier molecular flexibility index (Phi) is 7.93. The highest BCUT2D eigenvalue weighted by Crippen LogP contribution is 2.46. The molecular formula is C18H29Cl3F2O. The predicted octanol–water partition coefficient (Wildman–Crippen LogP) is 7.38. The molecule has 0 atom stereocenters. The van der Waals surface area contributed by atoms with E-state index in [0.29, 0.717) is 18.8 Å². The Morgan fingerprint density at radius 1 is 0.875 bits per heavy atom. The van der Waals surface area contributed by atoms with E-state index in [1.165, 1.54) is 38.5 Å². The van der Waals surface area contributed by atoms with Gasteiger partial charge in [0.2, 0.25) is 3.79 Å². The molecule has 1 nitrogen and oxygen atoms in total. The van der Waals surface area contributed by atoms with Gasteiger partial charge in [-0.2, -0.15) is 8.78 Å². The summed E-state index contributed by atoms with van der Waals surface area (Å²) in [7, 11) is 0. The fraction of sp³-hybridized carbons (Fsp3) is 1.00. The van der Waals surface area contributed by atoms with Crippen LogP contribution in [-0.4, -0.2) is 16.5 Å². The molecule has 0 saturated heterocycles. The molecule has 0 amide bonds. The van der Waals surface area contributed by atoms with E-state index < -0.39 is 22.4 Å². The van der Waals surface area contributed by atoms with Gasteiger partial charge in [-0.15, -0.1) is 0 Å².